The number of halogens is 1. The van der Waals surface area contributed by atoms with Crippen molar-refractivity contribution in [3.05, 3.63) is 35.8 Å². The molecule has 2 N–H and O–H groups in total. The van der Waals surface area contributed by atoms with Gasteiger partial charge in [-0.05, 0) is 62.5 Å². The number of guanidine groups is 1. The summed E-state index contributed by atoms with van der Waals surface area (Å²) in [6.45, 7) is 5.43. The van der Waals surface area contributed by atoms with Crippen molar-refractivity contribution in [2.24, 2.45) is 4.99 Å². The number of benzene rings is 1. The predicted molar refractivity (Wildman–Crippen MR) is 104 cm³/mol. The second kappa shape index (κ2) is 7.66. The molecule has 4 rings (SSSR count). The number of aliphatic imine (C=N–C) groups is 1. The number of nitrogens with one attached hydrogen (secondary N) is 2. The number of aromatic nitrogens is 1. The molecular weight excluding hydrogens is 329 g/mol. The summed E-state index contributed by atoms with van der Waals surface area (Å²) >= 11 is 0. The Kier molecular flexibility index (Phi) is 5.11. The summed E-state index contributed by atoms with van der Waals surface area (Å²) in [5.41, 5.74) is 2.12. The largest absolute Gasteiger partial charge is 0.361 e. The number of hydrogen-bond acceptors (Lipinski definition) is 2. The number of H-pyrrole nitrogens is 1. The zero-order valence-electron chi connectivity index (χ0n) is 15.5. The zero-order valence-corrected chi connectivity index (χ0v) is 15.5. The first-order valence-corrected chi connectivity index (χ1v) is 9.70. The normalized spacial score (nSPS) is 21.8. The van der Waals surface area contributed by atoms with Crippen LogP contribution in [0.2, 0.25) is 0 Å². The first kappa shape index (κ1) is 17.3. The molecule has 1 aromatic carbocycles. The standard InChI is InChI=1S/C20H28FN5/c1-22-20(26-11-7-17(14-26)25-9-2-3-10-25)23-8-6-15-13-24-19-5-4-16(21)12-18(15)19/h4-5,12-13,17,24H,2-3,6-11,14H2,1H3,(H,22,23). The lowest BCUT2D eigenvalue weighted by atomic mass is 10.1. The molecule has 140 valence electrons. The van der Waals surface area contributed by atoms with Gasteiger partial charge in [-0.3, -0.25) is 9.89 Å². The zero-order chi connectivity index (χ0) is 17.9. The highest BCUT2D eigenvalue weighted by Crippen LogP contribution is 2.21. The van der Waals surface area contributed by atoms with Crippen LogP contribution < -0.4 is 5.32 Å². The fourth-order valence-electron chi connectivity index (χ4n) is 4.34. The Balaban J connectivity index is 1.32. The minimum absolute atomic E-state index is 0.188. The van der Waals surface area contributed by atoms with Crippen molar-refractivity contribution in [2.75, 3.05) is 39.8 Å². The van der Waals surface area contributed by atoms with E-state index in [1.165, 1.54) is 38.4 Å². The molecule has 2 aliphatic heterocycles. The molecule has 6 heteroatoms. The predicted octanol–water partition coefficient (Wildman–Crippen LogP) is 2.60. The molecule has 5 nitrogen and oxygen atoms in total. The SMILES string of the molecule is CN=C(NCCc1c[nH]c2ccc(F)cc12)N1CCC(N2CCCC2)C1. The van der Waals surface area contributed by atoms with Crippen LogP contribution in [0.15, 0.2) is 29.4 Å². The van der Waals surface area contributed by atoms with E-state index < -0.39 is 0 Å². The van der Waals surface area contributed by atoms with E-state index in [1.807, 2.05) is 13.2 Å². The number of likely N-dealkylation sites (tertiary alicyclic amines) is 2. The monoisotopic (exact) mass is 357 g/mol. The molecule has 0 spiro atoms. The Morgan fingerprint density at radius 1 is 1.31 bits per heavy atom. The fraction of sp³-hybridized carbons (Fsp3) is 0.550. The van der Waals surface area contributed by atoms with Gasteiger partial charge in [-0.25, -0.2) is 4.39 Å². The van der Waals surface area contributed by atoms with Gasteiger partial charge in [-0.2, -0.15) is 0 Å². The Bertz CT molecular complexity index is 778. The van der Waals surface area contributed by atoms with Gasteiger partial charge in [0.2, 0.25) is 0 Å². The van der Waals surface area contributed by atoms with Gasteiger partial charge in [0.15, 0.2) is 5.96 Å². The Morgan fingerprint density at radius 3 is 2.96 bits per heavy atom. The van der Waals surface area contributed by atoms with E-state index in [4.69, 9.17) is 0 Å². The highest BCUT2D eigenvalue weighted by Gasteiger charge is 2.30. The van der Waals surface area contributed by atoms with Gasteiger partial charge in [0, 0.05) is 49.8 Å². The number of rotatable bonds is 4. The van der Waals surface area contributed by atoms with Crippen molar-refractivity contribution >= 4 is 16.9 Å². The molecule has 3 heterocycles. The third kappa shape index (κ3) is 3.56. The molecule has 2 saturated heterocycles. The second-order valence-electron chi connectivity index (χ2n) is 7.36. The van der Waals surface area contributed by atoms with E-state index in [1.54, 1.807) is 12.1 Å². The average molecular weight is 357 g/mol. The maximum absolute atomic E-state index is 13.5. The van der Waals surface area contributed by atoms with E-state index in [2.05, 4.69) is 25.1 Å². The molecule has 26 heavy (non-hydrogen) atoms. The smallest absolute Gasteiger partial charge is 0.193 e. The van der Waals surface area contributed by atoms with Crippen LogP contribution in [0.1, 0.15) is 24.8 Å². The van der Waals surface area contributed by atoms with Crippen molar-refractivity contribution in [2.45, 2.75) is 31.7 Å². The number of hydrogen-bond donors (Lipinski definition) is 2. The van der Waals surface area contributed by atoms with Crippen molar-refractivity contribution in [1.29, 1.82) is 0 Å². The number of fused-ring (bicyclic) bond motifs is 1. The van der Waals surface area contributed by atoms with E-state index in [0.717, 1.165) is 48.5 Å². The molecule has 2 aliphatic rings. The average Bonchev–Trinajstić information content (AvgIpc) is 3.39. The maximum Gasteiger partial charge on any atom is 0.193 e. The summed E-state index contributed by atoms with van der Waals surface area (Å²) in [5, 5.41) is 4.46. The van der Waals surface area contributed by atoms with Crippen LogP contribution in [0.3, 0.4) is 0 Å². The number of nitrogens with zero attached hydrogens (tertiary/aromatic N) is 3. The summed E-state index contributed by atoms with van der Waals surface area (Å²) in [7, 11) is 1.85. The summed E-state index contributed by atoms with van der Waals surface area (Å²) in [6, 6.07) is 5.57. The first-order valence-electron chi connectivity index (χ1n) is 9.70. The van der Waals surface area contributed by atoms with E-state index in [9.17, 15) is 4.39 Å². The van der Waals surface area contributed by atoms with Gasteiger partial charge in [0.05, 0.1) is 0 Å². The van der Waals surface area contributed by atoms with Crippen LogP contribution in [0, 0.1) is 5.82 Å². The summed E-state index contributed by atoms with van der Waals surface area (Å²) in [6.07, 6.45) is 6.73. The highest BCUT2D eigenvalue weighted by molar-refractivity contribution is 5.83. The molecule has 0 aliphatic carbocycles. The maximum atomic E-state index is 13.5. The molecule has 1 aromatic heterocycles. The van der Waals surface area contributed by atoms with Crippen molar-refractivity contribution in [3.63, 3.8) is 0 Å². The molecule has 0 radical (unpaired) electrons. The fourth-order valence-corrected chi connectivity index (χ4v) is 4.34. The molecular formula is C20H28FN5. The first-order chi connectivity index (χ1) is 12.7. The Labute approximate surface area is 154 Å². The van der Waals surface area contributed by atoms with Crippen LogP contribution in [0.5, 0.6) is 0 Å². The highest BCUT2D eigenvalue weighted by atomic mass is 19.1. The lowest BCUT2D eigenvalue weighted by Crippen LogP contribution is -2.43. The summed E-state index contributed by atoms with van der Waals surface area (Å²) in [5.74, 6) is 0.796. The summed E-state index contributed by atoms with van der Waals surface area (Å²) < 4.78 is 13.5. The molecule has 1 unspecified atom stereocenters. The Morgan fingerprint density at radius 2 is 2.15 bits per heavy atom. The van der Waals surface area contributed by atoms with E-state index in [0.29, 0.717) is 6.04 Å². The van der Waals surface area contributed by atoms with Crippen LogP contribution in [0.4, 0.5) is 4.39 Å². The summed E-state index contributed by atoms with van der Waals surface area (Å²) in [4.78, 5) is 12.7. The van der Waals surface area contributed by atoms with Crippen molar-refractivity contribution < 1.29 is 4.39 Å². The number of aromatic amines is 1. The second-order valence-corrected chi connectivity index (χ2v) is 7.36. The topological polar surface area (TPSA) is 46.7 Å². The third-order valence-corrected chi connectivity index (χ3v) is 5.74. The molecule has 2 fully saturated rings. The van der Waals surface area contributed by atoms with Crippen LogP contribution in [-0.2, 0) is 6.42 Å². The van der Waals surface area contributed by atoms with Gasteiger partial charge in [0.1, 0.15) is 5.82 Å². The van der Waals surface area contributed by atoms with Gasteiger partial charge in [-0.15, -0.1) is 0 Å². The minimum Gasteiger partial charge on any atom is -0.361 e. The van der Waals surface area contributed by atoms with E-state index in [-0.39, 0.29) is 5.82 Å². The van der Waals surface area contributed by atoms with Gasteiger partial charge < -0.3 is 15.2 Å². The van der Waals surface area contributed by atoms with Gasteiger partial charge in [0.25, 0.3) is 0 Å². The Hall–Kier alpha value is -2.08. The molecule has 1 atom stereocenters. The lowest BCUT2D eigenvalue weighted by molar-refractivity contribution is 0.249. The molecule has 2 aromatic rings. The van der Waals surface area contributed by atoms with Crippen LogP contribution in [-0.4, -0.2) is 66.6 Å². The molecule has 0 amide bonds. The molecule has 0 saturated carbocycles. The lowest BCUT2D eigenvalue weighted by Gasteiger charge is -2.25. The van der Waals surface area contributed by atoms with Crippen molar-refractivity contribution in [1.82, 2.24) is 20.1 Å². The van der Waals surface area contributed by atoms with Crippen molar-refractivity contribution in [3.8, 4) is 0 Å². The minimum atomic E-state index is -0.188. The van der Waals surface area contributed by atoms with Crippen LogP contribution in [0.25, 0.3) is 10.9 Å². The van der Waals surface area contributed by atoms with Gasteiger partial charge in [-0.1, -0.05) is 0 Å². The third-order valence-electron chi connectivity index (χ3n) is 5.74. The van der Waals surface area contributed by atoms with E-state index >= 15 is 0 Å². The quantitative estimate of drug-likeness (QED) is 0.653. The molecule has 0 bridgehead atoms. The van der Waals surface area contributed by atoms with Crippen LogP contribution >= 0.6 is 0 Å². The van der Waals surface area contributed by atoms with Gasteiger partial charge >= 0.3 is 0 Å².